The van der Waals surface area contributed by atoms with E-state index in [0.29, 0.717) is 28.2 Å². The Morgan fingerprint density at radius 2 is 1.59 bits per heavy atom. The van der Waals surface area contributed by atoms with E-state index in [2.05, 4.69) is 6.92 Å². The Labute approximate surface area is 157 Å². The van der Waals surface area contributed by atoms with E-state index in [1.165, 1.54) is 11.6 Å². The summed E-state index contributed by atoms with van der Waals surface area (Å²) in [6, 6.07) is 6.93. The lowest BCUT2D eigenvalue weighted by molar-refractivity contribution is -0.137. The van der Waals surface area contributed by atoms with Gasteiger partial charge in [0.05, 0.1) is 5.56 Å². The normalized spacial score (nSPS) is 17.6. The van der Waals surface area contributed by atoms with Crippen LogP contribution in [-0.4, -0.2) is 0 Å². The van der Waals surface area contributed by atoms with Crippen LogP contribution in [0.15, 0.2) is 48.1 Å². The maximum absolute atomic E-state index is 15.4. The highest BCUT2D eigenvalue weighted by Crippen LogP contribution is 2.37. The summed E-state index contributed by atoms with van der Waals surface area (Å²) < 4.78 is 54.2. The molecule has 1 unspecified atom stereocenters. The van der Waals surface area contributed by atoms with Crippen molar-refractivity contribution in [1.82, 2.24) is 0 Å². The van der Waals surface area contributed by atoms with Gasteiger partial charge in [-0.25, -0.2) is 4.39 Å². The van der Waals surface area contributed by atoms with Gasteiger partial charge in [-0.15, -0.1) is 0 Å². The van der Waals surface area contributed by atoms with E-state index in [4.69, 9.17) is 0 Å². The molecule has 0 radical (unpaired) electrons. The fourth-order valence-electron chi connectivity index (χ4n) is 3.73. The first-order chi connectivity index (χ1) is 12.6. The van der Waals surface area contributed by atoms with Gasteiger partial charge in [0.25, 0.3) is 0 Å². The minimum absolute atomic E-state index is 0.321. The molecule has 2 aromatic rings. The molecular formula is C23H22F4. The zero-order valence-electron chi connectivity index (χ0n) is 15.8. The number of allylic oxidation sites excluding steroid dienone is 4. The molecule has 0 fully saturated rings. The third kappa shape index (κ3) is 4.00. The Morgan fingerprint density at radius 3 is 2.19 bits per heavy atom. The second-order valence-corrected chi connectivity index (χ2v) is 7.50. The lowest BCUT2D eigenvalue weighted by Crippen LogP contribution is -2.06. The van der Waals surface area contributed by atoms with Crippen molar-refractivity contribution in [1.29, 1.82) is 0 Å². The molecule has 0 spiro atoms. The predicted molar refractivity (Wildman–Crippen MR) is 102 cm³/mol. The summed E-state index contributed by atoms with van der Waals surface area (Å²) >= 11 is 0. The smallest absolute Gasteiger partial charge is 0.206 e. The van der Waals surface area contributed by atoms with Gasteiger partial charge in [0.15, 0.2) is 0 Å². The molecule has 0 saturated carbocycles. The van der Waals surface area contributed by atoms with Crippen molar-refractivity contribution in [2.75, 3.05) is 0 Å². The van der Waals surface area contributed by atoms with Crippen LogP contribution in [0.1, 0.15) is 42.5 Å². The first kappa shape index (κ1) is 19.4. The Kier molecular flexibility index (Phi) is 5.02. The highest BCUT2D eigenvalue weighted by molar-refractivity contribution is 5.81. The molecule has 142 valence electrons. The van der Waals surface area contributed by atoms with Crippen LogP contribution in [0.2, 0.25) is 0 Å². The van der Waals surface area contributed by atoms with Gasteiger partial charge in [0.2, 0.25) is 0 Å². The zero-order valence-corrected chi connectivity index (χ0v) is 15.8. The van der Waals surface area contributed by atoms with Gasteiger partial charge < -0.3 is 0 Å². The molecule has 0 amide bonds. The summed E-state index contributed by atoms with van der Waals surface area (Å²) in [5, 5.41) is 0. The van der Waals surface area contributed by atoms with Crippen molar-refractivity contribution in [2.24, 2.45) is 5.92 Å². The van der Waals surface area contributed by atoms with Crippen LogP contribution in [0.4, 0.5) is 17.6 Å². The maximum atomic E-state index is 15.4. The van der Waals surface area contributed by atoms with Gasteiger partial charge >= 0.3 is 6.18 Å². The molecule has 0 nitrogen and oxygen atoms in total. The number of aryl methyl sites for hydroxylation is 2. The summed E-state index contributed by atoms with van der Waals surface area (Å²) in [6.45, 7) is 7.57. The lowest BCUT2D eigenvalue weighted by atomic mass is 9.86. The number of benzene rings is 2. The van der Waals surface area contributed by atoms with Crippen molar-refractivity contribution < 1.29 is 17.6 Å². The maximum Gasteiger partial charge on any atom is 0.416 e. The van der Waals surface area contributed by atoms with E-state index in [0.717, 1.165) is 29.7 Å². The SMILES string of the molecule is CC1=CC(c2cc(C)cc(-c3ccc(C(F)(F)F)cc3C)c2F)=CC(C)C1. The van der Waals surface area contributed by atoms with Gasteiger partial charge in [-0.1, -0.05) is 30.7 Å². The molecular weight excluding hydrogens is 352 g/mol. The summed E-state index contributed by atoms with van der Waals surface area (Å²) in [5.74, 6) is -0.0750. The second-order valence-electron chi connectivity index (χ2n) is 7.50. The lowest BCUT2D eigenvalue weighted by Gasteiger charge is -2.19. The molecule has 27 heavy (non-hydrogen) atoms. The summed E-state index contributed by atoms with van der Waals surface area (Å²) in [7, 11) is 0. The minimum Gasteiger partial charge on any atom is -0.206 e. The van der Waals surface area contributed by atoms with Crippen LogP contribution >= 0.6 is 0 Å². The van der Waals surface area contributed by atoms with Gasteiger partial charge in [-0.05, 0) is 79.6 Å². The van der Waals surface area contributed by atoms with E-state index < -0.39 is 17.6 Å². The number of hydrogen-bond acceptors (Lipinski definition) is 0. The van der Waals surface area contributed by atoms with Crippen molar-refractivity contribution in [3.05, 3.63) is 76.1 Å². The molecule has 0 saturated heterocycles. The topological polar surface area (TPSA) is 0 Å². The van der Waals surface area contributed by atoms with Gasteiger partial charge in [-0.3, -0.25) is 0 Å². The Morgan fingerprint density at radius 1 is 0.926 bits per heavy atom. The van der Waals surface area contributed by atoms with Crippen molar-refractivity contribution in [3.63, 3.8) is 0 Å². The number of halogens is 4. The summed E-state index contributed by atoms with van der Waals surface area (Å²) in [6.07, 6.45) is 0.572. The zero-order chi connectivity index (χ0) is 19.9. The van der Waals surface area contributed by atoms with Crippen molar-refractivity contribution in [3.8, 4) is 11.1 Å². The first-order valence-electron chi connectivity index (χ1n) is 8.94. The molecule has 1 aliphatic carbocycles. The molecule has 0 bridgehead atoms. The van der Waals surface area contributed by atoms with E-state index in [1.54, 1.807) is 19.1 Å². The predicted octanol–water partition coefficient (Wildman–Crippen LogP) is 7.50. The van der Waals surface area contributed by atoms with Crippen LogP contribution in [-0.2, 0) is 6.18 Å². The largest absolute Gasteiger partial charge is 0.416 e. The molecule has 0 aliphatic heterocycles. The number of hydrogen-bond donors (Lipinski definition) is 0. The fraction of sp³-hybridized carbons (Fsp3) is 0.304. The quantitative estimate of drug-likeness (QED) is 0.478. The van der Waals surface area contributed by atoms with E-state index in [1.807, 2.05) is 26.0 Å². The molecule has 3 rings (SSSR count). The van der Waals surface area contributed by atoms with Crippen LogP contribution in [0.3, 0.4) is 0 Å². The highest BCUT2D eigenvalue weighted by atomic mass is 19.4. The fourth-order valence-corrected chi connectivity index (χ4v) is 3.73. The van der Waals surface area contributed by atoms with Crippen molar-refractivity contribution >= 4 is 5.57 Å². The summed E-state index contributed by atoms with van der Waals surface area (Å²) in [5.41, 5.74) is 3.88. The average Bonchev–Trinajstić information content (AvgIpc) is 2.55. The van der Waals surface area contributed by atoms with Gasteiger partial charge in [0.1, 0.15) is 5.82 Å². The third-order valence-corrected chi connectivity index (χ3v) is 4.88. The molecule has 4 heteroatoms. The second kappa shape index (κ2) is 6.99. The van der Waals surface area contributed by atoms with E-state index in [-0.39, 0.29) is 0 Å². The number of rotatable bonds is 2. The Balaban J connectivity index is 2.15. The minimum atomic E-state index is -4.41. The molecule has 0 heterocycles. The van der Waals surface area contributed by atoms with E-state index in [9.17, 15) is 13.2 Å². The Hall–Kier alpha value is -2.36. The van der Waals surface area contributed by atoms with Crippen LogP contribution in [0.5, 0.6) is 0 Å². The average molecular weight is 374 g/mol. The van der Waals surface area contributed by atoms with Crippen LogP contribution < -0.4 is 0 Å². The monoisotopic (exact) mass is 374 g/mol. The van der Waals surface area contributed by atoms with Gasteiger partial charge in [0, 0.05) is 11.1 Å². The molecule has 0 N–H and O–H groups in total. The van der Waals surface area contributed by atoms with E-state index >= 15 is 4.39 Å². The van der Waals surface area contributed by atoms with Crippen LogP contribution in [0, 0.1) is 25.6 Å². The first-order valence-corrected chi connectivity index (χ1v) is 8.94. The van der Waals surface area contributed by atoms with Crippen molar-refractivity contribution in [2.45, 2.75) is 40.3 Å². The molecule has 1 aliphatic rings. The standard InChI is InChI=1S/C23H22F4/c1-13-7-14(2)9-17(8-13)20-10-15(3)11-21(22(20)24)19-6-5-18(12-16(19)4)23(25,26)27/h5-6,8-13H,7H2,1-4H3. The number of alkyl halides is 3. The highest BCUT2D eigenvalue weighted by Gasteiger charge is 2.31. The summed E-state index contributed by atoms with van der Waals surface area (Å²) in [4.78, 5) is 0. The van der Waals surface area contributed by atoms with Crippen LogP contribution in [0.25, 0.3) is 16.7 Å². The molecule has 0 aromatic heterocycles. The van der Waals surface area contributed by atoms with Gasteiger partial charge in [-0.2, -0.15) is 13.2 Å². The molecule has 1 atom stereocenters. The molecule has 2 aromatic carbocycles. The Bertz CT molecular complexity index is 946. The third-order valence-electron chi connectivity index (χ3n) is 4.88.